The number of ether oxygens (including phenoxy) is 4. The molecule has 0 saturated carbocycles. The summed E-state index contributed by atoms with van der Waals surface area (Å²) in [6.07, 6.45) is 0. The van der Waals surface area contributed by atoms with E-state index in [1.54, 1.807) is 20.3 Å². The van der Waals surface area contributed by atoms with Crippen LogP contribution in [0, 0.1) is 0 Å². The first-order chi connectivity index (χ1) is 15.7. The summed E-state index contributed by atoms with van der Waals surface area (Å²) >= 11 is 1.46. The lowest BCUT2D eigenvalue weighted by Crippen LogP contribution is -1.93. The fraction of sp³-hybridized carbons (Fsp3) is 0.182. The predicted octanol–water partition coefficient (Wildman–Crippen LogP) is 4.23. The molecule has 0 amide bonds. The number of benzene rings is 2. The summed E-state index contributed by atoms with van der Waals surface area (Å²) in [5.74, 6) is 4.13. The average Bonchev–Trinajstić information content (AvgIpc) is 3.51. The molecule has 5 rings (SSSR count). The molecule has 0 unspecified atom stereocenters. The van der Waals surface area contributed by atoms with Crippen LogP contribution in [0.25, 0.3) is 22.6 Å². The van der Waals surface area contributed by atoms with Crippen LogP contribution in [0.3, 0.4) is 0 Å². The van der Waals surface area contributed by atoms with Gasteiger partial charge in [0.1, 0.15) is 16.5 Å². The SMILES string of the molecule is COc1ccc(-c2noc(CSc3ccc(-c4ccc5c(c4)OCO5)nn3)n2)c(OC)c1. The molecule has 10 heteroatoms. The number of nitrogens with zero attached hydrogens (tertiary/aromatic N) is 4. The number of methoxy groups -OCH3 is 2. The van der Waals surface area contributed by atoms with Crippen molar-refractivity contribution in [1.82, 2.24) is 20.3 Å². The van der Waals surface area contributed by atoms with Crippen LogP contribution in [0.1, 0.15) is 5.89 Å². The van der Waals surface area contributed by atoms with Gasteiger partial charge in [-0.3, -0.25) is 0 Å². The van der Waals surface area contributed by atoms with Crippen LogP contribution < -0.4 is 18.9 Å². The molecule has 0 saturated heterocycles. The monoisotopic (exact) mass is 450 g/mol. The van der Waals surface area contributed by atoms with Gasteiger partial charge in [-0.2, -0.15) is 4.98 Å². The zero-order valence-corrected chi connectivity index (χ0v) is 18.1. The number of fused-ring (bicyclic) bond motifs is 1. The van der Waals surface area contributed by atoms with Gasteiger partial charge in [-0.1, -0.05) is 16.9 Å². The van der Waals surface area contributed by atoms with Crippen molar-refractivity contribution < 1.29 is 23.5 Å². The maximum absolute atomic E-state index is 5.42. The largest absolute Gasteiger partial charge is 0.497 e. The highest BCUT2D eigenvalue weighted by atomic mass is 32.2. The fourth-order valence-corrected chi connectivity index (χ4v) is 3.80. The minimum absolute atomic E-state index is 0.239. The Bertz CT molecular complexity index is 1250. The van der Waals surface area contributed by atoms with Crippen molar-refractivity contribution in [3.8, 4) is 45.6 Å². The summed E-state index contributed by atoms with van der Waals surface area (Å²) in [5.41, 5.74) is 2.38. The first-order valence-corrected chi connectivity index (χ1v) is 10.6. The molecule has 162 valence electrons. The summed E-state index contributed by atoms with van der Waals surface area (Å²) in [7, 11) is 3.18. The van der Waals surface area contributed by atoms with Crippen LogP contribution >= 0.6 is 11.8 Å². The van der Waals surface area contributed by atoms with Crippen LogP contribution in [-0.4, -0.2) is 41.4 Å². The zero-order valence-electron chi connectivity index (χ0n) is 17.3. The van der Waals surface area contributed by atoms with E-state index in [-0.39, 0.29) is 6.79 Å². The summed E-state index contributed by atoms with van der Waals surface area (Å²) in [6, 6.07) is 14.9. The van der Waals surface area contributed by atoms with Crippen molar-refractivity contribution in [2.45, 2.75) is 10.8 Å². The number of hydrogen-bond acceptors (Lipinski definition) is 10. The Morgan fingerprint density at radius 1 is 0.938 bits per heavy atom. The number of rotatable bonds is 7. The molecule has 1 aliphatic rings. The van der Waals surface area contributed by atoms with Gasteiger partial charge in [-0.05, 0) is 42.5 Å². The number of hydrogen-bond donors (Lipinski definition) is 0. The fourth-order valence-electron chi connectivity index (χ4n) is 3.15. The van der Waals surface area contributed by atoms with E-state index < -0.39 is 0 Å². The van der Waals surface area contributed by atoms with E-state index in [0.29, 0.717) is 34.7 Å². The molecule has 1 aliphatic heterocycles. The quantitative estimate of drug-likeness (QED) is 0.380. The molecular weight excluding hydrogens is 432 g/mol. The Kier molecular flexibility index (Phi) is 5.51. The highest BCUT2D eigenvalue weighted by Gasteiger charge is 2.16. The van der Waals surface area contributed by atoms with Gasteiger partial charge < -0.3 is 23.5 Å². The lowest BCUT2D eigenvalue weighted by atomic mass is 10.1. The molecule has 2 aromatic carbocycles. The Hall–Kier alpha value is -3.79. The van der Waals surface area contributed by atoms with Crippen molar-refractivity contribution in [2.75, 3.05) is 21.0 Å². The van der Waals surface area contributed by atoms with Gasteiger partial charge in [0.15, 0.2) is 11.5 Å². The van der Waals surface area contributed by atoms with Gasteiger partial charge in [-0.15, -0.1) is 10.2 Å². The lowest BCUT2D eigenvalue weighted by molar-refractivity contribution is 0.174. The molecule has 0 N–H and O–H groups in total. The summed E-state index contributed by atoms with van der Waals surface area (Å²) in [6.45, 7) is 0.239. The number of thioether (sulfide) groups is 1. The van der Waals surface area contributed by atoms with Gasteiger partial charge in [0.25, 0.3) is 0 Å². The molecule has 0 spiro atoms. The topological polar surface area (TPSA) is 102 Å². The van der Waals surface area contributed by atoms with E-state index in [1.807, 2.05) is 42.5 Å². The first-order valence-electron chi connectivity index (χ1n) is 9.65. The van der Waals surface area contributed by atoms with E-state index in [1.165, 1.54) is 11.8 Å². The molecule has 0 atom stereocenters. The Morgan fingerprint density at radius 2 is 1.84 bits per heavy atom. The van der Waals surface area contributed by atoms with E-state index in [4.69, 9.17) is 23.5 Å². The minimum Gasteiger partial charge on any atom is -0.497 e. The van der Waals surface area contributed by atoms with Crippen molar-refractivity contribution in [1.29, 1.82) is 0 Å². The van der Waals surface area contributed by atoms with Crippen molar-refractivity contribution in [3.63, 3.8) is 0 Å². The third kappa shape index (κ3) is 4.04. The van der Waals surface area contributed by atoms with E-state index in [9.17, 15) is 0 Å². The standard InChI is InChI=1S/C22H18N4O5S/c1-27-14-4-5-15(18(10-14)28-2)22-23-20(31-26-22)11-32-21-8-6-16(24-25-21)13-3-7-17-19(9-13)30-12-29-17/h3-10H,11-12H2,1-2H3. The summed E-state index contributed by atoms with van der Waals surface area (Å²) in [4.78, 5) is 4.46. The predicted molar refractivity (Wildman–Crippen MR) is 116 cm³/mol. The molecule has 2 aromatic heterocycles. The second-order valence-electron chi connectivity index (χ2n) is 6.69. The van der Waals surface area contributed by atoms with Gasteiger partial charge in [0, 0.05) is 11.6 Å². The van der Waals surface area contributed by atoms with Crippen molar-refractivity contribution in [3.05, 3.63) is 54.4 Å². The third-order valence-electron chi connectivity index (χ3n) is 4.77. The molecule has 4 aromatic rings. The van der Waals surface area contributed by atoms with Crippen LogP contribution in [0.15, 0.2) is 58.1 Å². The van der Waals surface area contributed by atoms with Crippen LogP contribution in [0.4, 0.5) is 0 Å². The van der Waals surface area contributed by atoms with E-state index in [2.05, 4.69) is 20.3 Å². The maximum atomic E-state index is 5.42. The van der Waals surface area contributed by atoms with Gasteiger partial charge in [0.2, 0.25) is 18.5 Å². The highest BCUT2D eigenvalue weighted by molar-refractivity contribution is 7.98. The molecule has 32 heavy (non-hydrogen) atoms. The van der Waals surface area contributed by atoms with Crippen molar-refractivity contribution in [2.24, 2.45) is 0 Å². The zero-order chi connectivity index (χ0) is 21.9. The van der Waals surface area contributed by atoms with Crippen LogP contribution in [0.5, 0.6) is 23.0 Å². The number of aromatic nitrogens is 4. The minimum atomic E-state index is 0.239. The first kappa shape index (κ1) is 20.1. The molecule has 0 fully saturated rings. The maximum Gasteiger partial charge on any atom is 0.237 e. The van der Waals surface area contributed by atoms with Gasteiger partial charge >= 0.3 is 0 Å². The van der Waals surface area contributed by atoms with E-state index in [0.717, 1.165) is 27.6 Å². The average molecular weight is 450 g/mol. The molecule has 0 radical (unpaired) electrons. The third-order valence-corrected chi connectivity index (χ3v) is 5.67. The molecule has 3 heterocycles. The lowest BCUT2D eigenvalue weighted by Gasteiger charge is -2.07. The Morgan fingerprint density at radius 3 is 2.66 bits per heavy atom. The second kappa shape index (κ2) is 8.75. The summed E-state index contributed by atoms with van der Waals surface area (Å²) < 4.78 is 26.8. The summed E-state index contributed by atoms with van der Waals surface area (Å²) in [5, 5.41) is 13.4. The van der Waals surface area contributed by atoms with Crippen LogP contribution in [0.2, 0.25) is 0 Å². The second-order valence-corrected chi connectivity index (χ2v) is 7.69. The smallest absolute Gasteiger partial charge is 0.237 e. The van der Waals surface area contributed by atoms with E-state index >= 15 is 0 Å². The van der Waals surface area contributed by atoms with Crippen LogP contribution in [-0.2, 0) is 5.75 Å². The van der Waals surface area contributed by atoms with Gasteiger partial charge in [-0.25, -0.2) is 0 Å². The highest BCUT2D eigenvalue weighted by Crippen LogP contribution is 2.36. The molecule has 0 bridgehead atoms. The Labute approximate surface area is 187 Å². The molecule has 9 nitrogen and oxygen atoms in total. The Balaban J connectivity index is 1.25. The van der Waals surface area contributed by atoms with Crippen molar-refractivity contribution >= 4 is 11.8 Å². The molecule has 0 aliphatic carbocycles. The normalized spacial score (nSPS) is 12.1. The molecular formula is C22H18N4O5S. The van der Waals surface area contributed by atoms with Gasteiger partial charge in [0.05, 0.1) is 31.2 Å².